The molecule has 0 radical (unpaired) electrons. The lowest BCUT2D eigenvalue weighted by molar-refractivity contribution is -0.133. The van der Waals surface area contributed by atoms with Gasteiger partial charge >= 0.3 is 0 Å². The third-order valence-electron chi connectivity index (χ3n) is 5.38. The minimum atomic E-state index is -0.408. The van der Waals surface area contributed by atoms with Gasteiger partial charge in [0.05, 0.1) is 6.54 Å². The minimum absolute atomic E-state index is 0.0652. The van der Waals surface area contributed by atoms with E-state index in [1.807, 2.05) is 49.6 Å². The van der Waals surface area contributed by atoms with Crippen LogP contribution in [0.1, 0.15) is 34.6 Å². The minimum Gasteiger partial charge on any atom is -0.454 e. The first-order chi connectivity index (χ1) is 16.4. The van der Waals surface area contributed by atoms with Crippen LogP contribution in [0.4, 0.5) is 4.39 Å². The third kappa shape index (κ3) is 5.94. The van der Waals surface area contributed by atoms with Crippen LogP contribution in [-0.4, -0.2) is 41.5 Å². The lowest BCUT2D eigenvalue weighted by atomic mass is 10.1. The summed E-state index contributed by atoms with van der Waals surface area (Å²) in [6.07, 6.45) is 0. The van der Waals surface area contributed by atoms with Gasteiger partial charge in [0.15, 0.2) is 11.5 Å². The molecule has 2 aromatic carbocycles. The highest BCUT2D eigenvalue weighted by molar-refractivity contribution is 7.09. The van der Waals surface area contributed by atoms with Crippen molar-refractivity contribution < 1.29 is 23.5 Å². The number of carbonyl (C=O) groups excluding carboxylic acids is 2. The lowest BCUT2D eigenvalue weighted by Gasteiger charge is -2.29. The number of carbonyl (C=O) groups is 2. The van der Waals surface area contributed by atoms with Crippen molar-refractivity contribution in [3.05, 3.63) is 81.8 Å². The zero-order chi connectivity index (χ0) is 24.1. The van der Waals surface area contributed by atoms with Crippen LogP contribution in [0.15, 0.2) is 60.0 Å². The predicted octanol–water partition coefficient (Wildman–Crippen LogP) is 4.94. The number of rotatable bonds is 9. The monoisotopic (exact) mass is 482 g/mol. The van der Waals surface area contributed by atoms with Crippen molar-refractivity contribution in [2.24, 2.45) is 5.92 Å². The van der Waals surface area contributed by atoms with Gasteiger partial charge in [-0.2, -0.15) is 0 Å². The molecule has 0 spiro atoms. The molecule has 1 aliphatic heterocycles. The van der Waals surface area contributed by atoms with Crippen LogP contribution in [0, 0.1) is 11.7 Å². The summed E-state index contributed by atoms with van der Waals surface area (Å²) in [4.78, 5) is 31.0. The molecule has 0 saturated heterocycles. The van der Waals surface area contributed by atoms with Crippen molar-refractivity contribution >= 4 is 23.2 Å². The maximum absolute atomic E-state index is 13.5. The van der Waals surface area contributed by atoms with Crippen molar-refractivity contribution in [1.82, 2.24) is 9.80 Å². The number of hydrogen-bond donors (Lipinski definition) is 0. The zero-order valence-corrected chi connectivity index (χ0v) is 20.0. The van der Waals surface area contributed by atoms with E-state index in [9.17, 15) is 14.0 Å². The third-order valence-corrected chi connectivity index (χ3v) is 6.24. The van der Waals surface area contributed by atoms with E-state index in [1.54, 1.807) is 21.1 Å². The van der Waals surface area contributed by atoms with Crippen LogP contribution < -0.4 is 9.47 Å². The van der Waals surface area contributed by atoms with Gasteiger partial charge < -0.3 is 19.3 Å². The summed E-state index contributed by atoms with van der Waals surface area (Å²) in [7, 11) is 0. The molecule has 1 aliphatic rings. The second kappa shape index (κ2) is 10.7. The topological polar surface area (TPSA) is 59.1 Å². The molecule has 34 heavy (non-hydrogen) atoms. The maximum atomic E-state index is 13.5. The van der Waals surface area contributed by atoms with E-state index in [2.05, 4.69) is 0 Å². The molecule has 0 aliphatic carbocycles. The maximum Gasteiger partial charge on any atom is 0.254 e. The molecular formula is C26H27FN2O4S. The van der Waals surface area contributed by atoms with Crippen LogP contribution in [0.2, 0.25) is 0 Å². The normalized spacial score (nSPS) is 12.1. The van der Waals surface area contributed by atoms with Gasteiger partial charge in [-0.1, -0.05) is 26.0 Å². The molecule has 3 aromatic rings. The van der Waals surface area contributed by atoms with Crippen molar-refractivity contribution in [3.8, 4) is 11.5 Å². The second-order valence-electron chi connectivity index (χ2n) is 8.60. The molecule has 8 heteroatoms. The number of benzene rings is 2. The van der Waals surface area contributed by atoms with E-state index in [1.165, 1.54) is 24.3 Å². The van der Waals surface area contributed by atoms with Crippen molar-refractivity contribution in [1.29, 1.82) is 0 Å². The molecule has 0 saturated carbocycles. The summed E-state index contributed by atoms with van der Waals surface area (Å²) in [6.45, 7) is 5.32. The van der Waals surface area contributed by atoms with Gasteiger partial charge in [-0.15, -0.1) is 11.3 Å². The van der Waals surface area contributed by atoms with Crippen LogP contribution in [-0.2, 0) is 17.9 Å². The molecule has 0 fully saturated rings. The quantitative estimate of drug-likeness (QED) is 0.433. The Morgan fingerprint density at radius 2 is 1.76 bits per heavy atom. The molecular weight excluding hydrogens is 455 g/mol. The summed E-state index contributed by atoms with van der Waals surface area (Å²) in [5.74, 6) is 0.649. The van der Waals surface area contributed by atoms with Crippen molar-refractivity contribution in [3.63, 3.8) is 0 Å². The summed E-state index contributed by atoms with van der Waals surface area (Å²) in [5.41, 5.74) is 1.27. The van der Waals surface area contributed by atoms with E-state index < -0.39 is 5.82 Å². The Labute approximate surface area is 202 Å². The number of thiophene rings is 1. The van der Waals surface area contributed by atoms with Crippen LogP contribution in [0.3, 0.4) is 0 Å². The van der Waals surface area contributed by atoms with E-state index >= 15 is 0 Å². The molecule has 6 nitrogen and oxygen atoms in total. The lowest BCUT2D eigenvalue weighted by Crippen LogP contribution is -2.43. The molecule has 0 N–H and O–H groups in total. The first-order valence-electron chi connectivity index (χ1n) is 11.1. The summed E-state index contributed by atoms with van der Waals surface area (Å²) in [6, 6.07) is 15.0. The first-order valence-corrected chi connectivity index (χ1v) is 12.0. The Balaban J connectivity index is 1.54. The molecule has 0 unspecified atom stereocenters. The highest BCUT2D eigenvalue weighted by atomic mass is 32.1. The van der Waals surface area contributed by atoms with Gasteiger partial charge in [0.25, 0.3) is 5.91 Å². The second-order valence-corrected chi connectivity index (χ2v) is 9.64. The Kier molecular flexibility index (Phi) is 7.47. The SMILES string of the molecule is CC(C)CN(CC(=O)N(Cc1ccc2c(c1)OCO2)Cc1cccs1)C(=O)c1ccc(F)cc1. The van der Waals surface area contributed by atoms with Crippen molar-refractivity contribution in [2.45, 2.75) is 26.9 Å². The number of halogens is 1. The van der Waals surface area contributed by atoms with E-state index in [-0.39, 0.29) is 31.1 Å². The fraction of sp³-hybridized carbons (Fsp3) is 0.308. The Bertz CT molecular complexity index is 1130. The molecule has 0 atom stereocenters. The molecule has 1 aromatic heterocycles. The Morgan fingerprint density at radius 3 is 2.47 bits per heavy atom. The molecule has 2 heterocycles. The molecule has 0 bridgehead atoms. The van der Waals surface area contributed by atoms with Gasteiger partial charge in [0.1, 0.15) is 12.4 Å². The van der Waals surface area contributed by atoms with E-state index in [0.717, 1.165) is 10.4 Å². The molecule has 178 valence electrons. The molecule has 2 amide bonds. The number of ether oxygens (including phenoxy) is 2. The summed E-state index contributed by atoms with van der Waals surface area (Å²) >= 11 is 1.58. The van der Waals surface area contributed by atoms with E-state index in [4.69, 9.17) is 9.47 Å². The summed E-state index contributed by atoms with van der Waals surface area (Å²) < 4.78 is 24.2. The van der Waals surface area contributed by atoms with Gasteiger partial charge in [0.2, 0.25) is 12.7 Å². The molecule has 4 rings (SSSR count). The van der Waals surface area contributed by atoms with Crippen molar-refractivity contribution in [2.75, 3.05) is 19.9 Å². The van der Waals surface area contributed by atoms with Gasteiger partial charge in [-0.3, -0.25) is 9.59 Å². The summed E-state index contributed by atoms with van der Waals surface area (Å²) in [5, 5.41) is 1.97. The smallest absolute Gasteiger partial charge is 0.254 e. The van der Waals surface area contributed by atoms with Crippen LogP contribution in [0.25, 0.3) is 0 Å². The average molecular weight is 483 g/mol. The fourth-order valence-electron chi connectivity index (χ4n) is 3.78. The fourth-order valence-corrected chi connectivity index (χ4v) is 4.50. The predicted molar refractivity (Wildman–Crippen MR) is 128 cm³/mol. The van der Waals surface area contributed by atoms with Crippen LogP contribution in [0.5, 0.6) is 11.5 Å². The highest BCUT2D eigenvalue weighted by Crippen LogP contribution is 2.33. The highest BCUT2D eigenvalue weighted by Gasteiger charge is 2.24. The number of hydrogen-bond acceptors (Lipinski definition) is 5. The first kappa shape index (κ1) is 23.8. The van der Waals surface area contributed by atoms with E-state index in [0.29, 0.717) is 36.7 Å². The number of nitrogens with zero attached hydrogens (tertiary/aromatic N) is 2. The Hall–Kier alpha value is -3.39. The zero-order valence-electron chi connectivity index (χ0n) is 19.2. The average Bonchev–Trinajstić information content (AvgIpc) is 3.49. The largest absolute Gasteiger partial charge is 0.454 e. The number of fused-ring (bicyclic) bond motifs is 1. The van der Waals surface area contributed by atoms with Crippen LogP contribution >= 0.6 is 11.3 Å². The standard InChI is InChI=1S/C26H27FN2O4S/c1-18(2)13-29(26(31)20-6-8-21(27)9-7-20)16-25(30)28(15-22-4-3-11-34-22)14-19-5-10-23-24(12-19)33-17-32-23/h3-12,18H,13-17H2,1-2H3. The van der Waals surface area contributed by atoms with Gasteiger partial charge in [0, 0.05) is 23.5 Å². The van der Waals surface area contributed by atoms with Gasteiger partial charge in [-0.25, -0.2) is 4.39 Å². The van der Waals surface area contributed by atoms with Gasteiger partial charge in [-0.05, 0) is 59.3 Å². The Morgan fingerprint density at radius 1 is 1.00 bits per heavy atom. The number of amides is 2.